The molecule has 0 unspecified atom stereocenters. The molecule has 2 rings (SSSR count). The molecule has 1 fully saturated rings. The van der Waals surface area contributed by atoms with Crippen LogP contribution in [0.3, 0.4) is 0 Å². The summed E-state index contributed by atoms with van der Waals surface area (Å²) in [5.41, 5.74) is 2.48. The predicted octanol–water partition coefficient (Wildman–Crippen LogP) is 1.23. The molecule has 5 heteroatoms. The Bertz CT molecular complexity index is 484. The van der Waals surface area contributed by atoms with Crippen LogP contribution in [0.5, 0.6) is 0 Å². The number of aryl methyl sites for hydroxylation is 1. The number of hydrogen-bond donors (Lipinski definition) is 1. The molecule has 0 spiro atoms. The van der Waals surface area contributed by atoms with Crippen LogP contribution in [0, 0.1) is 0 Å². The highest BCUT2D eigenvalue weighted by atomic mass is 16.2. The molecule has 0 saturated carbocycles. The molecule has 1 aliphatic rings. The van der Waals surface area contributed by atoms with E-state index >= 15 is 0 Å². The van der Waals surface area contributed by atoms with Crippen LogP contribution in [0.25, 0.3) is 0 Å². The average molecular weight is 275 g/mol. The molecule has 1 aliphatic heterocycles. The Balaban J connectivity index is 1.86. The third kappa shape index (κ3) is 3.57. The normalized spacial score (nSPS) is 14.8. The van der Waals surface area contributed by atoms with Crippen LogP contribution in [0.2, 0.25) is 0 Å². The maximum absolute atomic E-state index is 12.0. The molecule has 1 aromatic rings. The number of likely N-dealkylation sites (N-methyl/N-ethyl adjacent to an activating group) is 1. The Kier molecular flexibility index (Phi) is 4.74. The first-order valence-electron chi connectivity index (χ1n) is 6.94. The van der Waals surface area contributed by atoms with Crippen molar-refractivity contribution in [3.63, 3.8) is 0 Å². The molecule has 108 valence electrons. The zero-order valence-corrected chi connectivity index (χ0v) is 12.1. The Labute approximate surface area is 119 Å². The molecule has 0 atom stereocenters. The monoisotopic (exact) mass is 275 g/mol. The lowest BCUT2D eigenvalue weighted by Crippen LogP contribution is -2.40. The second-order valence-electron chi connectivity index (χ2n) is 5.12. The van der Waals surface area contributed by atoms with E-state index in [1.165, 1.54) is 16.0 Å². The quantitative estimate of drug-likeness (QED) is 0.879. The fourth-order valence-corrected chi connectivity index (χ4v) is 2.27. The van der Waals surface area contributed by atoms with Crippen LogP contribution in [0.4, 0.5) is 4.79 Å². The molecular weight excluding hydrogens is 254 g/mol. The number of carbonyl (C=O) groups is 2. The van der Waals surface area contributed by atoms with Gasteiger partial charge in [-0.15, -0.1) is 0 Å². The van der Waals surface area contributed by atoms with Gasteiger partial charge in [0, 0.05) is 19.6 Å². The van der Waals surface area contributed by atoms with Crippen molar-refractivity contribution >= 4 is 11.9 Å². The number of imide groups is 1. The van der Waals surface area contributed by atoms with Crippen LogP contribution < -0.4 is 5.32 Å². The van der Waals surface area contributed by atoms with E-state index in [0.29, 0.717) is 19.6 Å². The Morgan fingerprint density at radius 3 is 2.50 bits per heavy atom. The Morgan fingerprint density at radius 2 is 1.95 bits per heavy atom. The number of benzene rings is 1. The van der Waals surface area contributed by atoms with Gasteiger partial charge in [0.2, 0.25) is 5.91 Å². The number of rotatable bonds is 5. The second-order valence-corrected chi connectivity index (χ2v) is 5.12. The molecule has 0 radical (unpaired) electrons. The summed E-state index contributed by atoms with van der Waals surface area (Å²) in [6, 6.07) is 8.11. The molecular formula is C15H21N3O2. The summed E-state index contributed by atoms with van der Waals surface area (Å²) in [7, 11) is 1.89. The van der Waals surface area contributed by atoms with Gasteiger partial charge in [0.15, 0.2) is 0 Å². The maximum Gasteiger partial charge on any atom is 0.324 e. The van der Waals surface area contributed by atoms with Crippen molar-refractivity contribution < 1.29 is 9.59 Å². The van der Waals surface area contributed by atoms with Crippen LogP contribution in [-0.4, -0.2) is 48.4 Å². The van der Waals surface area contributed by atoms with Gasteiger partial charge in [0.1, 0.15) is 0 Å². The topological polar surface area (TPSA) is 52.7 Å². The molecule has 1 N–H and O–H groups in total. The lowest BCUT2D eigenvalue weighted by Gasteiger charge is -2.19. The van der Waals surface area contributed by atoms with Gasteiger partial charge in [-0.2, -0.15) is 0 Å². The summed E-state index contributed by atoms with van der Waals surface area (Å²) in [6.07, 6.45) is 1.03. The zero-order valence-electron chi connectivity index (χ0n) is 12.1. The third-order valence-electron chi connectivity index (χ3n) is 3.45. The second kappa shape index (κ2) is 6.52. The highest BCUT2D eigenvalue weighted by Gasteiger charge is 2.26. The smallest absolute Gasteiger partial charge is 0.324 e. The first kappa shape index (κ1) is 14.5. The van der Waals surface area contributed by atoms with Crippen LogP contribution in [0.1, 0.15) is 18.1 Å². The first-order chi connectivity index (χ1) is 9.60. The average Bonchev–Trinajstić information content (AvgIpc) is 2.86. The van der Waals surface area contributed by atoms with E-state index in [1.807, 2.05) is 11.9 Å². The first-order valence-corrected chi connectivity index (χ1v) is 6.94. The van der Waals surface area contributed by atoms with E-state index in [1.54, 1.807) is 0 Å². The predicted molar refractivity (Wildman–Crippen MR) is 77.3 cm³/mol. The summed E-state index contributed by atoms with van der Waals surface area (Å²) in [6.45, 7) is 4.10. The summed E-state index contributed by atoms with van der Waals surface area (Å²) in [4.78, 5) is 26.6. The van der Waals surface area contributed by atoms with Crippen molar-refractivity contribution in [1.82, 2.24) is 15.1 Å². The van der Waals surface area contributed by atoms with E-state index in [9.17, 15) is 9.59 Å². The minimum Gasteiger partial charge on any atom is -0.336 e. The van der Waals surface area contributed by atoms with Gasteiger partial charge in [-0.05, 0) is 24.6 Å². The summed E-state index contributed by atoms with van der Waals surface area (Å²) >= 11 is 0. The third-order valence-corrected chi connectivity index (χ3v) is 3.45. The van der Waals surface area contributed by atoms with E-state index in [0.717, 1.165) is 6.42 Å². The number of hydrogen-bond acceptors (Lipinski definition) is 3. The Hall–Kier alpha value is -1.88. The van der Waals surface area contributed by atoms with Crippen LogP contribution in [-0.2, 0) is 17.8 Å². The minimum absolute atomic E-state index is 0.146. The fourth-order valence-electron chi connectivity index (χ4n) is 2.27. The van der Waals surface area contributed by atoms with Crippen molar-refractivity contribution in [2.75, 3.05) is 26.7 Å². The zero-order chi connectivity index (χ0) is 14.5. The van der Waals surface area contributed by atoms with Gasteiger partial charge in [-0.25, -0.2) is 4.79 Å². The van der Waals surface area contributed by atoms with E-state index in [-0.39, 0.29) is 18.5 Å². The van der Waals surface area contributed by atoms with Crippen molar-refractivity contribution in [2.45, 2.75) is 19.9 Å². The van der Waals surface area contributed by atoms with Gasteiger partial charge in [-0.3, -0.25) is 14.6 Å². The Morgan fingerprint density at radius 1 is 1.30 bits per heavy atom. The molecule has 20 heavy (non-hydrogen) atoms. The standard InChI is InChI=1S/C15H21N3O2/c1-3-12-4-6-13(7-5-12)10-17(2)11-14(19)18-9-8-16-15(18)20/h4-7H,3,8-11H2,1-2H3,(H,16,20). The van der Waals surface area contributed by atoms with Crippen LogP contribution in [0.15, 0.2) is 24.3 Å². The molecule has 5 nitrogen and oxygen atoms in total. The van der Waals surface area contributed by atoms with Crippen LogP contribution >= 0.6 is 0 Å². The minimum atomic E-state index is -0.282. The van der Waals surface area contributed by atoms with Gasteiger partial charge in [0.05, 0.1) is 6.54 Å². The van der Waals surface area contributed by atoms with E-state index in [4.69, 9.17) is 0 Å². The molecule has 1 aromatic carbocycles. The molecule has 3 amide bonds. The highest BCUT2D eigenvalue weighted by Crippen LogP contribution is 2.08. The van der Waals surface area contributed by atoms with Gasteiger partial charge in [0.25, 0.3) is 0 Å². The van der Waals surface area contributed by atoms with Crippen molar-refractivity contribution in [3.8, 4) is 0 Å². The van der Waals surface area contributed by atoms with E-state index in [2.05, 4.69) is 36.5 Å². The number of amides is 3. The number of nitrogens with zero attached hydrogens (tertiary/aromatic N) is 2. The number of nitrogens with one attached hydrogen (secondary N) is 1. The fraction of sp³-hybridized carbons (Fsp3) is 0.467. The molecule has 1 saturated heterocycles. The molecule has 0 aliphatic carbocycles. The highest BCUT2D eigenvalue weighted by molar-refractivity contribution is 5.96. The molecule has 0 bridgehead atoms. The SMILES string of the molecule is CCc1ccc(CN(C)CC(=O)N2CCNC2=O)cc1. The van der Waals surface area contributed by atoms with Crippen molar-refractivity contribution in [3.05, 3.63) is 35.4 Å². The van der Waals surface area contributed by atoms with E-state index < -0.39 is 0 Å². The number of urea groups is 1. The molecule has 0 aromatic heterocycles. The van der Waals surface area contributed by atoms with Crippen molar-refractivity contribution in [1.29, 1.82) is 0 Å². The number of carbonyl (C=O) groups excluding carboxylic acids is 2. The van der Waals surface area contributed by atoms with Gasteiger partial charge < -0.3 is 5.32 Å². The lowest BCUT2D eigenvalue weighted by atomic mass is 10.1. The summed E-state index contributed by atoms with van der Waals surface area (Å²) in [5.74, 6) is -0.146. The van der Waals surface area contributed by atoms with Crippen molar-refractivity contribution in [2.24, 2.45) is 0 Å². The summed E-state index contributed by atoms with van der Waals surface area (Å²) < 4.78 is 0. The van der Waals surface area contributed by atoms with Gasteiger partial charge >= 0.3 is 6.03 Å². The molecule has 1 heterocycles. The maximum atomic E-state index is 12.0. The lowest BCUT2D eigenvalue weighted by molar-refractivity contribution is -0.128. The largest absolute Gasteiger partial charge is 0.336 e. The summed E-state index contributed by atoms with van der Waals surface area (Å²) in [5, 5.41) is 2.63. The van der Waals surface area contributed by atoms with Gasteiger partial charge in [-0.1, -0.05) is 31.2 Å².